The number of methoxy groups -OCH3 is 1. The molecule has 106 valence electrons. The molecule has 6 heteroatoms. The summed E-state index contributed by atoms with van der Waals surface area (Å²) in [6, 6.07) is 6.99. The molecule has 0 amide bonds. The Morgan fingerprint density at radius 1 is 1.35 bits per heavy atom. The minimum absolute atomic E-state index is 0.0854. The molecule has 6 nitrogen and oxygen atoms in total. The Morgan fingerprint density at radius 2 is 2.15 bits per heavy atom. The van der Waals surface area contributed by atoms with E-state index >= 15 is 0 Å². The molecule has 1 heterocycles. The molecule has 0 saturated carbocycles. The topological polar surface area (TPSA) is 81.8 Å². The molecule has 0 unspecified atom stereocenters. The molecule has 0 aliphatic carbocycles. The lowest BCUT2D eigenvalue weighted by atomic mass is 10.1. The van der Waals surface area contributed by atoms with Gasteiger partial charge in [0.1, 0.15) is 6.61 Å². The lowest BCUT2D eigenvalue weighted by Crippen LogP contribution is -1.98. The molecule has 0 fully saturated rings. The number of aromatic nitrogens is 1. The van der Waals surface area contributed by atoms with E-state index in [9.17, 15) is 4.79 Å². The zero-order chi connectivity index (χ0) is 14.5. The van der Waals surface area contributed by atoms with Crippen LogP contribution in [0.1, 0.15) is 28.7 Å². The van der Waals surface area contributed by atoms with Crippen LogP contribution in [0.3, 0.4) is 0 Å². The number of aryl methyl sites for hydroxylation is 1. The molecule has 1 N–H and O–H groups in total. The largest absolute Gasteiger partial charge is 0.493 e. The maximum atomic E-state index is 10.7. The van der Waals surface area contributed by atoms with Crippen molar-refractivity contribution in [2.24, 2.45) is 0 Å². The van der Waals surface area contributed by atoms with Crippen LogP contribution in [0.5, 0.6) is 11.5 Å². The maximum absolute atomic E-state index is 10.7. The number of carbonyl (C=O) groups is 1. The van der Waals surface area contributed by atoms with Crippen molar-refractivity contribution in [2.75, 3.05) is 7.11 Å². The van der Waals surface area contributed by atoms with Gasteiger partial charge in [0.05, 0.1) is 7.11 Å². The van der Waals surface area contributed by atoms with Gasteiger partial charge in [0.15, 0.2) is 23.0 Å². The van der Waals surface area contributed by atoms with E-state index in [4.69, 9.17) is 19.1 Å². The number of aromatic carboxylic acids is 1. The maximum Gasteiger partial charge on any atom is 0.358 e. The quantitative estimate of drug-likeness (QED) is 0.873. The molecule has 0 bridgehead atoms. The lowest BCUT2D eigenvalue weighted by molar-refractivity contribution is 0.0685. The summed E-state index contributed by atoms with van der Waals surface area (Å²) < 4.78 is 15.7. The van der Waals surface area contributed by atoms with Gasteiger partial charge in [-0.05, 0) is 24.1 Å². The molecule has 0 spiro atoms. The summed E-state index contributed by atoms with van der Waals surface area (Å²) in [7, 11) is 1.57. The van der Waals surface area contributed by atoms with Gasteiger partial charge in [0.25, 0.3) is 0 Å². The van der Waals surface area contributed by atoms with Crippen LogP contribution in [0.2, 0.25) is 0 Å². The van der Waals surface area contributed by atoms with Gasteiger partial charge in [-0.2, -0.15) is 0 Å². The van der Waals surface area contributed by atoms with Crippen LogP contribution < -0.4 is 9.47 Å². The first kappa shape index (κ1) is 13.9. The van der Waals surface area contributed by atoms with Crippen LogP contribution in [0.15, 0.2) is 28.8 Å². The lowest BCUT2D eigenvalue weighted by Gasteiger charge is -2.10. The molecular formula is C14H15NO5. The van der Waals surface area contributed by atoms with E-state index in [0.29, 0.717) is 17.3 Å². The Labute approximate surface area is 115 Å². The zero-order valence-electron chi connectivity index (χ0n) is 11.3. The molecule has 0 radical (unpaired) electrons. The fraction of sp³-hybridized carbons (Fsp3) is 0.286. The molecule has 20 heavy (non-hydrogen) atoms. The Bertz CT molecular complexity index is 605. The van der Waals surface area contributed by atoms with Gasteiger partial charge in [-0.1, -0.05) is 18.1 Å². The predicted molar refractivity (Wildman–Crippen MR) is 70.2 cm³/mol. The van der Waals surface area contributed by atoms with E-state index in [2.05, 4.69) is 12.1 Å². The summed E-state index contributed by atoms with van der Waals surface area (Å²) in [5, 5.41) is 12.2. The molecule has 0 atom stereocenters. The van der Waals surface area contributed by atoms with Gasteiger partial charge < -0.3 is 19.1 Å². The third-order valence-electron chi connectivity index (χ3n) is 2.78. The van der Waals surface area contributed by atoms with E-state index in [-0.39, 0.29) is 12.3 Å². The fourth-order valence-corrected chi connectivity index (χ4v) is 1.68. The van der Waals surface area contributed by atoms with E-state index in [0.717, 1.165) is 12.0 Å². The summed E-state index contributed by atoms with van der Waals surface area (Å²) in [5.41, 5.74) is 0.999. The second-order valence-electron chi connectivity index (χ2n) is 4.11. The number of hydrogen-bond donors (Lipinski definition) is 1. The van der Waals surface area contributed by atoms with E-state index in [1.807, 2.05) is 18.2 Å². The third-order valence-corrected chi connectivity index (χ3v) is 2.78. The highest BCUT2D eigenvalue weighted by Crippen LogP contribution is 2.29. The van der Waals surface area contributed by atoms with Crippen LogP contribution >= 0.6 is 0 Å². The van der Waals surface area contributed by atoms with E-state index < -0.39 is 5.97 Å². The van der Waals surface area contributed by atoms with Crippen molar-refractivity contribution < 1.29 is 23.9 Å². The van der Waals surface area contributed by atoms with Gasteiger partial charge >= 0.3 is 5.97 Å². The minimum atomic E-state index is -1.13. The standard InChI is InChI=1S/C14H15NO5/c1-3-9-4-5-12(13(6-9)18-2)19-8-10-7-11(14(16)17)15-20-10/h4-7H,3,8H2,1-2H3,(H,16,17). The second-order valence-corrected chi connectivity index (χ2v) is 4.11. The van der Waals surface area contributed by atoms with Gasteiger partial charge in [0.2, 0.25) is 0 Å². The number of rotatable bonds is 6. The minimum Gasteiger partial charge on any atom is -0.493 e. The first-order chi connectivity index (χ1) is 9.63. The molecule has 1 aromatic carbocycles. The van der Waals surface area contributed by atoms with Crippen molar-refractivity contribution in [2.45, 2.75) is 20.0 Å². The van der Waals surface area contributed by atoms with Crippen molar-refractivity contribution in [1.29, 1.82) is 0 Å². The highest BCUT2D eigenvalue weighted by atomic mass is 16.5. The van der Waals surface area contributed by atoms with Crippen molar-refractivity contribution >= 4 is 5.97 Å². The molecule has 0 aliphatic rings. The summed E-state index contributed by atoms with van der Waals surface area (Å²) >= 11 is 0. The van der Waals surface area contributed by atoms with E-state index in [1.165, 1.54) is 6.07 Å². The third kappa shape index (κ3) is 3.09. The Hall–Kier alpha value is -2.50. The van der Waals surface area contributed by atoms with Crippen LogP contribution in [0.4, 0.5) is 0 Å². The second kappa shape index (κ2) is 6.10. The van der Waals surface area contributed by atoms with E-state index in [1.54, 1.807) is 7.11 Å². The van der Waals surface area contributed by atoms with Crippen LogP contribution in [0, 0.1) is 0 Å². The van der Waals surface area contributed by atoms with Gasteiger partial charge in [-0.3, -0.25) is 0 Å². The average Bonchev–Trinajstić information content (AvgIpc) is 2.94. The van der Waals surface area contributed by atoms with Crippen molar-refractivity contribution in [3.05, 3.63) is 41.3 Å². The van der Waals surface area contributed by atoms with Crippen LogP contribution in [-0.4, -0.2) is 23.3 Å². The fourth-order valence-electron chi connectivity index (χ4n) is 1.68. The molecule has 2 aromatic rings. The molecular weight excluding hydrogens is 262 g/mol. The summed E-state index contributed by atoms with van der Waals surface area (Å²) in [4.78, 5) is 10.7. The first-order valence-electron chi connectivity index (χ1n) is 6.12. The summed E-state index contributed by atoms with van der Waals surface area (Å²) in [6.45, 7) is 2.14. The number of carboxylic acids is 1. The van der Waals surface area contributed by atoms with Gasteiger partial charge in [-0.15, -0.1) is 0 Å². The molecule has 0 aliphatic heterocycles. The average molecular weight is 277 g/mol. The summed E-state index contributed by atoms with van der Waals surface area (Å²) in [6.07, 6.45) is 0.903. The Kier molecular flexibility index (Phi) is 4.24. The monoisotopic (exact) mass is 277 g/mol. The van der Waals surface area contributed by atoms with Crippen LogP contribution in [-0.2, 0) is 13.0 Å². The van der Waals surface area contributed by atoms with Crippen molar-refractivity contribution in [1.82, 2.24) is 5.16 Å². The number of benzene rings is 1. The highest BCUT2D eigenvalue weighted by molar-refractivity contribution is 5.85. The Morgan fingerprint density at radius 3 is 2.75 bits per heavy atom. The SMILES string of the molecule is CCc1ccc(OCc2cc(C(=O)O)no2)c(OC)c1. The number of hydrogen-bond acceptors (Lipinski definition) is 5. The van der Waals surface area contributed by atoms with Crippen molar-refractivity contribution in [3.8, 4) is 11.5 Å². The van der Waals surface area contributed by atoms with Crippen LogP contribution in [0.25, 0.3) is 0 Å². The predicted octanol–water partition coefficient (Wildman–Crippen LogP) is 2.52. The first-order valence-corrected chi connectivity index (χ1v) is 6.12. The number of ether oxygens (including phenoxy) is 2. The normalized spacial score (nSPS) is 10.3. The van der Waals surface area contributed by atoms with Gasteiger partial charge in [0, 0.05) is 6.07 Å². The number of nitrogens with zero attached hydrogens (tertiary/aromatic N) is 1. The highest BCUT2D eigenvalue weighted by Gasteiger charge is 2.12. The number of carboxylic acid groups (broad SMARTS) is 1. The smallest absolute Gasteiger partial charge is 0.358 e. The van der Waals surface area contributed by atoms with Gasteiger partial charge in [-0.25, -0.2) is 4.79 Å². The van der Waals surface area contributed by atoms with Crippen molar-refractivity contribution in [3.63, 3.8) is 0 Å². The molecule has 1 aromatic heterocycles. The zero-order valence-corrected chi connectivity index (χ0v) is 11.3. The molecule has 0 saturated heterocycles. The Balaban J connectivity index is 2.07. The molecule has 2 rings (SSSR count). The summed E-state index contributed by atoms with van der Waals surface area (Å²) in [5.74, 6) is 0.397.